The molecule has 0 spiro atoms. The maximum atomic E-state index is 13.4. The molecule has 0 fully saturated rings. The number of halogens is 1. The minimum absolute atomic E-state index is 0.0536. The summed E-state index contributed by atoms with van der Waals surface area (Å²) >= 11 is 0. The van der Waals surface area contributed by atoms with Gasteiger partial charge >= 0.3 is 11.9 Å². The van der Waals surface area contributed by atoms with E-state index in [-0.39, 0.29) is 18.6 Å². The van der Waals surface area contributed by atoms with E-state index in [1.165, 1.54) is 18.2 Å². The number of carbonyl (C=O) groups is 2. The van der Waals surface area contributed by atoms with E-state index in [1.807, 2.05) is 0 Å². The largest absolute Gasteiger partial charge is 0.480 e. The van der Waals surface area contributed by atoms with Crippen molar-refractivity contribution in [2.24, 2.45) is 0 Å². The quantitative estimate of drug-likeness (QED) is 0.497. The monoisotopic (exact) mass is 294 g/mol. The average Bonchev–Trinajstić information content (AvgIpc) is 2.39. The second kappa shape index (κ2) is 7.02. The maximum absolute atomic E-state index is 13.4. The molecular formula is C16H19FO4. The lowest BCUT2D eigenvalue weighted by Crippen LogP contribution is -2.45. The Balaban J connectivity index is 3.47. The third kappa shape index (κ3) is 3.68. The minimum atomic E-state index is -1.94. The van der Waals surface area contributed by atoms with E-state index in [2.05, 4.69) is 0 Å². The van der Waals surface area contributed by atoms with Crippen molar-refractivity contribution in [3.63, 3.8) is 0 Å². The van der Waals surface area contributed by atoms with E-state index in [0.717, 1.165) is 11.6 Å². The molecule has 0 aliphatic heterocycles. The molecule has 1 rings (SSSR count). The van der Waals surface area contributed by atoms with E-state index >= 15 is 0 Å². The van der Waals surface area contributed by atoms with Crippen LogP contribution in [0.4, 0.5) is 4.39 Å². The molecule has 1 aromatic carbocycles. The first-order chi connectivity index (χ1) is 9.84. The second-order valence-corrected chi connectivity index (χ2v) is 4.93. The summed E-state index contributed by atoms with van der Waals surface area (Å²) in [6.45, 7) is 5.24. The number of hydrogen-bond donors (Lipinski definition) is 1. The van der Waals surface area contributed by atoms with Crippen molar-refractivity contribution in [1.29, 1.82) is 0 Å². The fourth-order valence-corrected chi connectivity index (χ4v) is 1.98. The summed E-state index contributed by atoms with van der Waals surface area (Å²) in [6.07, 6.45) is 1.54. The van der Waals surface area contributed by atoms with E-state index in [4.69, 9.17) is 4.74 Å². The van der Waals surface area contributed by atoms with Crippen molar-refractivity contribution in [2.45, 2.75) is 32.6 Å². The Morgan fingerprint density at radius 2 is 2.05 bits per heavy atom. The Morgan fingerprint density at radius 3 is 2.52 bits per heavy atom. The molecule has 21 heavy (non-hydrogen) atoms. The molecule has 0 radical (unpaired) electrons. The lowest BCUT2D eigenvalue weighted by molar-refractivity contribution is -0.161. The number of benzene rings is 1. The Hall–Kier alpha value is -2.17. The van der Waals surface area contributed by atoms with Gasteiger partial charge in [0, 0.05) is 0 Å². The molecule has 0 aliphatic rings. The van der Waals surface area contributed by atoms with Crippen LogP contribution in [0.2, 0.25) is 0 Å². The number of carbonyl (C=O) groups excluding carboxylic acids is 1. The molecule has 0 saturated carbocycles. The van der Waals surface area contributed by atoms with Crippen LogP contribution < -0.4 is 0 Å². The number of hydrogen-bond acceptors (Lipinski definition) is 3. The van der Waals surface area contributed by atoms with Gasteiger partial charge in [0.1, 0.15) is 5.82 Å². The molecule has 0 saturated heterocycles. The molecule has 114 valence electrons. The van der Waals surface area contributed by atoms with Crippen molar-refractivity contribution in [2.75, 3.05) is 6.61 Å². The average molecular weight is 294 g/mol. The van der Waals surface area contributed by atoms with Crippen molar-refractivity contribution >= 4 is 11.9 Å². The SMILES string of the molecule is CCOC(=O)C(CC=C(C)C)(C(=O)O)c1cccc(F)c1. The number of carboxylic acids is 1. The normalized spacial score (nSPS) is 13.1. The summed E-state index contributed by atoms with van der Waals surface area (Å²) in [6, 6.07) is 5.06. The predicted molar refractivity (Wildman–Crippen MR) is 76.4 cm³/mol. The highest BCUT2D eigenvalue weighted by Gasteiger charge is 2.48. The molecular weight excluding hydrogens is 275 g/mol. The van der Waals surface area contributed by atoms with Gasteiger partial charge in [0.15, 0.2) is 5.41 Å². The van der Waals surface area contributed by atoms with Gasteiger partial charge in [0.2, 0.25) is 0 Å². The standard InChI is InChI=1S/C16H19FO4/c1-4-21-15(20)16(14(18)19,9-8-11(2)3)12-6-5-7-13(17)10-12/h5-8,10H,4,9H2,1-3H3,(H,18,19). The van der Waals surface area contributed by atoms with Crippen LogP contribution in [0.1, 0.15) is 32.8 Å². The number of carboxylic acid groups (broad SMARTS) is 1. The Morgan fingerprint density at radius 1 is 1.38 bits per heavy atom. The van der Waals surface area contributed by atoms with Crippen LogP contribution in [0.15, 0.2) is 35.9 Å². The van der Waals surface area contributed by atoms with Crippen LogP contribution in [0.3, 0.4) is 0 Å². The first kappa shape index (κ1) is 16.9. The lowest BCUT2D eigenvalue weighted by Gasteiger charge is -2.26. The molecule has 1 unspecified atom stereocenters. The van der Waals surface area contributed by atoms with Crippen LogP contribution >= 0.6 is 0 Å². The molecule has 1 N–H and O–H groups in total. The summed E-state index contributed by atoms with van der Waals surface area (Å²) in [4.78, 5) is 24.1. The van der Waals surface area contributed by atoms with Crippen molar-refractivity contribution in [1.82, 2.24) is 0 Å². The highest BCUT2D eigenvalue weighted by molar-refractivity contribution is 6.05. The zero-order chi connectivity index (χ0) is 16.0. The van der Waals surface area contributed by atoms with Crippen LogP contribution in [0.25, 0.3) is 0 Å². The van der Waals surface area contributed by atoms with Crippen molar-refractivity contribution in [3.05, 3.63) is 47.3 Å². The smallest absolute Gasteiger partial charge is 0.328 e. The van der Waals surface area contributed by atoms with Gasteiger partial charge in [0.25, 0.3) is 0 Å². The lowest BCUT2D eigenvalue weighted by atomic mass is 9.77. The summed E-state index contributed by atoms with van der Waals surface area (Å²) in [5.41, 5.74) is -0.998. The third-order valence-corrected chi connectivity index (χ3v) is 3.12. The number of esters is 1. The van der Waals surface area contributed by atoms with Gasteiger partial charge in [-0.25, -0.2) is 4.39 Å². The van der Waals surface area contributed by atoms with E-state index in [0.29, 0.717) is 0 Å². The predicted octanol–water partition coefficient (Wildman–Crippen LogP) is 3.07. The molecule has 0 bridgehead atoms. The summed E-state index contributed by atoms with van der Waals surface area (Å²) in [5.74, 6) is -2.84. The molecule has 0 aromatic heterocycles. The topological polar surface area (TPSA) is 63.6 Å². The second-order valence-electron chi connectivity index (χ2n) is 4.93. The van der Waals surface area contributed by atoms with E-state index < -0.39 is 23.2 Å². The van der Waals surface area contributed by atoms with Crippen molar-refractivity contribution < 1.29 is 23.8 Å². The molecule has 1 aromatic rings. The molecule has 0 aliphatic carbocycles. The first-order valence-corrected chi connectivity index (χ1v) is 6.64. The number of ether oxygens (including phenoxy) is 1. The van der Waals surface area contributed by atoms with Gasteiger partial charge < -0.3 is 9.84 Å². The number of aliphatic carboxylic acids is 1. The molecule has 0 heterocycles. The molecule has 1 atom stereocenters. The molecule has 5 heteroatoms. The van der Waals surface area contributed by atoms with Crippen LogP contribution in [0.5, 0.6) is 0 Å². The summed E-state index contributed by atoms with van der Waals surface area (Å²) in [7, 11) is 0. The number of allylic oxidation sites excluding steroid dienone is 2. The van der Waals surface area contributed by atoms with Crippen LogP contribution in [0, 0.1) is 5.82 Å². The summed E-state index contributed by atoms with van der Waals surface area (Å²) in [5, 5.41) is 9.63. The zero-order valence-electron chi connectivity index (χ0n) is 12.4. The van der Waals surface area contributed by atoms with E-state index in [9.17, 15) is 19.1 Å². The van der Waals surface area contributed by atoms with E-state index in [1.54, 1.807) is 26.8 Å². The van der Waals surface area contributed by atoms with Gasteiger partial charge in [0.05, 0.1) is 6.61 Å². The van der Waals surface area contributed by atoms with Gasteiger partial charge in [-0.15, -0.1) is 0 Å². The van der Waals surface area contributed by atoms with Gasteiger partial charge in [-0.3, -0.25) is 9.59 Å². The van der Waals surface area contributed by atoms with Gasteiger partial charge in [-0.2, -0.15) is 0 Å². The fourth-order valence-electron chi connectivity index (χ4n) is 1.98. The van der Waals surface area contributed by atoms with Crippen molar-refractivity contribution in [3.8, 4) is 0 Å². The van der Waals surface area contributed by atoms with Gasteiger partial charge in [-0.05, 0) is 44.9 Å². The van der Waals surface area contributed by atoms with Crippen LogP contribution in [-0.4, -0.2) is 23.7 Å². The highest BCUT2D eigenvalue weighted by atomic mass is 19.1. The van der Waals surface area contributed by atoms with Crippen LogP contribution in [-0.2, 0) is 19.7 Å². The Labute approximate surface area is 123 Å². The Bertz CT molecular complexity index is 561. The first-order valence-electron chi connectivity index (χ1n) is 6.64. The minimum Gasteiger partial charge on any atom is -0.480 e. The number of rotatable bonds is 6. The Kier molecular flexibility index (Phi) is 5.64. The third-order valence-electron chi connectivity index (χ3n) is 3.12. The summed E-state index contributed by atoms with van der Waals surface area (Å²) < 4.78 is 18.4. The fraction of sp³-hybridized carbons (Fsp3) is 0.375. The van der Waals surface area contributed by atoms with Gasteiger partial charge in [-0.1, -0.05) is 23.8 Å². The molecule has 0 amide bonds. The zero-order valence-corrected chi connectivity index (χ0v) is 12.4. The molecule has 4 nitrogen and oxygen atoms in total. The maximum Gasteiger partial charge on any atom is 0.328 e. The highest BCUT2D eigenvalue weighted by Crippen LogP contribution is 2.32.